The van der Waals surface area contributed by atoms with Crippen LogP contribution >= 0.6 is 0 Å². The Morgan fingerprint density at radius 3 is 2.56 bits per heavy atom. The summed E-state index contributed by atoms with van der Waals surface area (Å²) < 4.78 is 46.0. The molecule has 2 rings (SSSR count). The Morgan fingerprint density at radius 2 is 1.88 bits per heavy atom. The number of ether oxygens (including phenoxy) is 2. The second-order valence-corrected chi connectivity index (χ2v) is 6.04. The van der Waals surface area contributed by atoms with Crippen LogP contribution in [-0.4, -0.2) is 38.5 Å². The first-order valence-corrected chi connectivity index (χ1v) is 9.05. The Hall–Kier alpha value is -4.00. The van der Waals surface area contributed by atoms with Crippen molar-refractivity contribution in [1.29, 1.82) is 0 Å². The fourth-order valence-electron chi connectivity index (χ4n) is 2.56. The fourth-order valence-corrected chi connectivity index (χ4v) is 2.56. The lowest BCUT2D eigenvalue weighted by atomic mass is 9.99. The third-order valence-electron chi connectivity index (χ3n) is 3.95. The van der Waals surface area contributed by atoms with Gasteiger partial charge in [0.2, 0.25) is 0 Å². The molecule has 0 unspecified atom stereocenters. The van der Waals surface area contributed by atoms with Crippen molar-refractivity contribution in [1.82, 2.24) is 0 Å². The maximum absolute atomic E-state index is 12.5. The fraction of sp³-hybridized carbons (Fsp3) is 0.227. The number of para-hydroxylation sites is 1. The van der Waals surface area contributed by atoms with Crippen LogP contribution in [0.1, 0.15) is 22.3 Å². The lowest BCUT2D eigenvalue weighted by Gasteiger charge is -2.12. The van der Waals surface area contributed by atoms with Crippen molar-refractivity contribution in [3.63, 3.8) is 0 Å². The molecule has 0 radical (unpaired) electrons. The number of carbonyl (C=O) groups excluding carboxylic acids is 1. The van der Waals surface area contributed by atoms with Gasteiger partial charge in [0.05, 0.1) is 12.7 Å². The Balaban J connectivity index is 2.14. The zero-order valence-corrected chi connectivity index (χ0v) is 17.4. The van der Waals surface area contributed by atoms with Crippen molar-refractivity contribution in [2.45, 2.75) is 19.9 Å². The molecular weight excluding hydrogens is 429 g/mol. The predicted molar refractivity (Wildman–Crippen MR) is 110 cm³/mol. The number of benzene rings is 2. The van der Waals surface area contributed by atoms with Crippen molar-refractivity contribution >= 4 is 17.9 Å². The molecule has 0 amide bonds. The molecule has 0 atom stereocenters. The average molecular weight is 448 g/mol. The third kappa shape index (κ3) is 7.05. The highest BCUT2D eigenvalue weighted by Gasteiger charge is 2.31. The molecule has 2 aromatic rings. The quantitative estimate of drug-likeness (QED) is 0.277. The summed E-state index contributed by atoms with van der Waals surface area (Å²) in [7, 11) is 2.52. The summed E-state index contributed by atoms with van der Waals surface area (Å²) in [6.45, 7) is 1.78. The number of halogens is 3. The van der Waals surface area contributed by atoms with Gasteiger partial charge in [0, 0.05) is 11.1 Å². The molecule has 32 heavy (non-hydrogen) atoms. The van der Waals surface area contributed by atoms with Crippen LogP contribution < -0.4 is 4.74 Å². The van der Waals surface area contributed by atoms with Gasteiger partial charge >= 0.3 is 12.3 Å². The number of esters is 1. The number of rotatable bonds is 7. The van der Waals surface area contributed by atoms with Crippen molar-refractivity contribution in [3.05, 3.63) is 64.7 Å². The molecule has 0 aliphatic carbocycles. The van der Waals surface area contributed by atoms with E-state index < -0.39 is 18.1 Å². The van der Waals surface area contributed by atoms with Gasteiger partial charge < -0.3 is 19.1 Å². The number of oxime groups is 2. The lowest BCUT2D eigenvalue weighted by molar-refractivity contribution is -0.274. The molecule has 0 N–H and O–H groups in total. The molecule has 0 fully saturated rings. The Kier molecular flexibility index (Phi) is 8.65. The van der Waals surface area contributed by atoms with Crippen LogP contribution in [0.5, 0.6) is 5.75 Å². The molecule has 2 aromatic carbocycles. The van der Waals surface area contributed by atoms with Gasteiger partial charge in [-0.2, -0.15) is 0 Å². The highest BCUT2D eigenvalue weighted by Crippen LogP contribution is 2.25. The number of aryl methyl sites for hydroxylation is 1. The second kappa shape index (κ2) is 11.4. The van der Waals surface area contributed by atoms with E-state index in [9.17, 15) is 18.0 Å². The van der Waals surface area contributed by atoms with E-state index in [1.807, 2.05) is 13.0 Å². The van der Waals surface area contributed by atoms with Gasteiger partial charge in [0.15, 0.2) is 5.71 Å². The van der Waals surface area contributed by atoms with E-state index in [1.54, 1.807) is 12.1 Å². The maximum Gasteiger partial charge on any atom is 0.573 e. The van der Waals surface area contributed by atoms with Crippen LogP contribution in [0.15, 0.2) is 52.8 Å². The number of methoxy groups -OCH3 is 1. The minimum absolute atomic E-state index is 0.0340. The average Bonchev–Trinajstić information content (AvgIpc) is 2.75. The molecule has 0 saturated carbocycles. The summed E-state index contributed by atoms with van der Waals surface area (Å²) in [5.41, 5.74) is 1.86. The molecular formula is C22H19F3N2O5. The SMILES string of the molecule is CO/N=C(/C(=O)OC)c1cccc(C)c1CO/N=C/C#Cc1ccccc1OC(F)(F)F. The van der Waals surface area contributed by atoms with Gasteiger partial charge in [0.25, 0.3) is 0 Å². The Labute approximate surface area is 182 Å². The molecule has 0 aliphatic rings. The first-order chi connectivity index (χ1) is 15.3. The normalized spacial score (nSPS) is 11.5. The topological polar surface area (TPSA) is 78.7 Å². The van der Waals surface area contributed by atoms with Gasteiger partial charge in [-0.15, -0.1) is 13.2 Å². The minimum atomic E-state index is -4.82. The largest absolute Gasteiger partial charge is 0.573 e. The first-order valence-electron chi connectivity index (χ1n) is 9.05. The van der Waals surface area contributed by atoms with Crippen LogP contribution in [0.2, 0.25) is 0 Å². The standard InChI is InChI=1S/C22H19F3N2O5/c1-15-8-6-11-17(20(27-30-3)21(28)29-2)18(15)14-31-26-13-7-10-16-9-4-5-12-19(16)32-22(23,24)25/h4-6,8-9,11-13H,14H2,1-3H3/b26-13+,27-20+. The van der Waals surface area contributed by atoms with Gasteiger partial charge in [0.1, 0.15) is 25.7 Å². The van der Waals surface area contributed by atoms with E-state index in [2.05, 4.69) is 26.9 Å². The van der Waals surface area contributed by atoms with Crippen LogP contribution in [0.3, 0.4) is 0 Å². The van der Waals surface area contributed by atoms with E-state index in [0.29, 0.717) is 11.1 Å². The summed E-state index contributed by atoms with van der Waals surface area (Å²) in [5, 5.41) is 7.42. The van der Waals surface area contributed by atoms with Gasteiger partial charge in [-0.25, -0.2) is 4.79 Å². The summed E-state index contributed by atoms with van der Waals surface area (Å²) >= 11 is 0. The van der Waals surface area contributed by atoms with Crippen LogP contribution in [0.25, 0.3) is 0 Å². The maximum atomic E-state index is 12.5. The molecule has 0 saturated heterocycles. The van der Waals surface area contributed by atoms with E-state index >= 15 is 0 Å². The molecule has 0 aromatic heterocycles. The zero-order valence-electron chi connectivity index (χ0n) is 17.4. The molecule has 0 heterocycles. The number of nitrogens with zero attached hydrogens (tertiary/aromatic N) is 2. The Morgan fingerprint density at radius 1 is 1.12 bits per heavy atom. The monoisotopic (exact) mass is 448 g/mol. The number of alkyl halides is 3. The number of hydrogen-bond acceptors (Lipinski definition) is 7. The first kappa shape index (κ1) is 24.3. The molecule has 7 nitrogen and oxygen atoms in total. The van der Waals surface area contributed by atoms with Gasteiger partial charge in [-0.05, 0) is 30.5 Å². The smallest absolute Gasteiger partial charge is 0.464 e. The van der Waals surface area contributed by atoms with Gasteiger partial charge in [-0.1, -0.05) is 46.6 Å². The van der Waals surface area contributed by atoms with E-state index in [1.165, 1.54) is 32.4 Å². The van der Waals surface area contributed by atoms with Crippen LogP contribution in [-0.2, 0) is 25.8 Å². The number of carbonyl (C=O) groups is 1. The highest BCUT2D eigenvalue weighted by molar-refractivity contribution is 6.43. The van der Waals surface area contributed by atoms with Crippen molar-refractivity contribution in [2.75, 3.05) is 14.2 Å². The van der Waals surface area contributed by atoms with E-state index in [-0.39, 0.29) is 17.9 Å². The summed E-state index contributed by atoms with van der Waals surface area (Å²) in [4.78, 5) is 22.0. The third-order valence-corrected chi connectivity index (χ3v) is 3.95. The van der Waals surface area contributed by atoms with E-state index in [0.717, 1.165) is 17.8 Å². The molecule has 0 bridgehead atoms. The lowest BCUT2D eigenvalue weighted by Crippen LogP contribution is -2.20. The van der Waals surface area contributed by atoms with Crippen LogP contribution in [0, 0.1) is 18.8 Å². The molecule has 0 spiro atoms. The van der Waals surface area contributed by atoms with Gasteiger partial charge in [-0.3, -0.25) is 0 Å². The summed E-state index contributed by atoms with van der Waals surface area (Å²) in [5.74, 6) is 3.89. The minimum Gasteiger partial charge on any atom is -0.464 e. The zero-order chi connectivity index (χ0) is 23.6. The predicted octanol–water partition coefficient (Wildman–Crippen LogP) is 3.97. The van der Waals surface area contributed by atoms with Crippen molar-refractivity contribution < 1.29 is 37.1 Å². The Bertz CT molecular complexity index is 1070. The second-order valence-electron chi connectivity index (χ2n) is 6.04. The van der Waals surface area contributed by atoms with Crippen molar-refractivity contribution in [3.8, 4) is 17.6 Å². The summed E-state index contributed by atoms with van der Waals surface area (Å²) in [6.07, 6.45) is -3.73. The highest BCUT2D eigenvalue weighted by atomic mass is 19.4. The molecule has 10 heteroatoms. The van der Waals surface area contributed by atoms with Crippen molar-refractivity contribution in [2.24, 2.45) is 10.3 Å². The number of hydrogen-bond donors (Lipinski definition) is 0. The molecule has 168 valence electrons. The molecule has 0 aliphatic heterocycles. The summed E-state index contributed by atoms with van der Waals surface area (Å²) in [6, 6.07) is 10.7. The van der Waals surface area contributed by atoms with Crippen LogP contribution in [0.4, 0.5) is 13.2 Å². The van der Waals surface area contributed by atoms with E-state index in [4.69, 9.17) is 14.4 Å².